The minimum Gasteiger partial charge on any atom is -0.378 e. The average molecular weight is 141 g/mol. The van der Waals surface area contributed by atoms with Crippen molar-refractivity contribution in [3.8, 4) is 0 Å². The molecule has 2 atom stereocenters. The van der Waals surface area contributed by atoms with Gasteiger partial charge in [-0.3, -0.25) is 0 Å². The highest BCUT2D eigenvalue weighted by Crippen LogP contribution is 2.18. The molecule has 0 radical (unpaired) electrons. The fraction of sp³-hybridized carbons (Fsp3) is 1.00. The lowest BCUT2D eigenvalue weighted by Crippen LogP contribution is -2.08. The lowest BCUT2D eigenvalue weighted by molar-refractivity contribution is 0.113. The van der Waals surface area contributed by atoms with Gasteiger partial charge in [-0.25, -0.2) is 0 Å². The highest BCUT2D eigenvalue weighted by molar-refractivity contribution is 4.72. The Morgan fingerprint density at radius 2 is 2.60 bits per heavy atom. The molecule has 1 aliphatic heterocycles. The summed E-state index contributed by atoms with van der Waals surface area (Å²) in [5, 5.41) is 3.44. The van der Waals surface area contributed by atoms with E-state index in [1.165, 1.54) is 0 Å². The van der Waals surface area contributed by atoms with E-state index in [9.17, 15) is 0 Å². The molecular formula is C6H11N3O. The Hall–Kier alpha value is -0.730. The van der Waals surface area contributed by atoms with Crippen LogP contribution in [0.2, 0.25) is 0 Å². The van der Waals surface area contributed by atoms with Crippen molar-refractivity contribution in [1.29, 1.82) is 0 Å². The fourth-order valence-electron chi connectivity index (χ4n) is 1.14. The number of ether oxygens (including phenoxy) is 1. The Morgan fingerprint density at radius 1 is 1.80 bits per heavy atom. The molecule has 0 unspecified atom stereocenters. The van der Waals surface area contributed by atoms with Crippen LogP contribution in [0.3, 0.4) is 0 Å². The number of hydrogen-bond donors (Lipinski definition) is 0. The quantitative estimate of drug-likeness (QED) is 0.328. The standard InChI is InChI=1S/C6H11N3O/c1-5-2-6(10-4-5)3-8-9-7/h5-6H,2-4H2,1H3/t5-,6+/m1/s1. The lowest BCUT2D eigenvalue weighted by atomic mass is 10.1. The molecule has 1 fully saturated rings. The van der Waals surface area contributed by atoms with Crippen LogP contribution in [-0.4, -0.2) is 19.3 Å². The molecule has 1 heterocycles. The van der Waals surface area contributed by atoms with Gasteiger partial charge in [0.15, 0.2) is 0 Å². The summed E-state index contributed by atoms with van der Waals surface area (Å²) < 4.78 is 5.30. The van der Waals surface area contributed by atoms with Crippen LogP contribution in [0.15, 0.2) is 5.11 Å². The van der Waals surface area contributed by atoms with Gasteiger partial charge in [-0.15, -0.1) is 0 Å². The molecule has 10 heavy (non-hydrogen) atoms. The van der Waals surface area contributed by atoms with E-state index in [1.54, 1.807) is 0 Å². The minimum atomic E-state index is 0.172. The molecule has 0 aromatic heterocycles. The first-order valence-corrected chi connectivity index (χ1v) is 3.45. The fourth-order valence-corrected chi connectivity index (χ4v) is 1.14. The smallest absolute Gasteiger partial charge is 0.0634 e. The van der Waals surface area contributed by atoms with Crippen LogP contribution in [0, 0.1) is 5.92 Å². The van der Waals surface area contributed by atoms with E-state index in [2.05, 4.69) is 16.9 Å². The molecule has 4 nitrogen and oxygen atoms in total. The van der Waals surface area contributed by atoms with Crippen LogP contribution >= 0.6 is 0 Å². The molecule has 0 bridgehead atoms. The summed E-state index contributed by atoms with van der Waals surface area (Å²) in [6.07, 6.45) is 1.20. The van der Waals surface area contributed by atoms with Crippen molar-refractivity contribution >= 4 is 0 Å². The predicted octanol–water partition coefficient (Wildman–Crippen LogP) is 1.72. The van der Waals surface area contributed by atoms with E-state index in [4.69, 9.17) is 10.3 Å². The number of nitrogens with zero attached hydrogens (tertiary/aromatic N) is 3. The largest absolute Gasteiger partial charge is 0.378 e. The van der Waals surface area contributed by atoms with Crippen molar-refractivity contribution in [3.63, 3.8) is 0 Å². The van der Waals surface area contributed by atoms with E-state index >= 15 is 0 Å². The third-order valence-electron chi connectivity index (χ3n) is 1.63. The molecule has 0 saturated carbocycles. The molecule has 1 rings (SSSR count). The van der Waals surface area contributed by atoms with Crippen LogP contribution in [0.1, 0.15) is 13.3 Å². The van der Waals surface area contributed by atoms with Crippen molar-refractivity contribution < 1.29 is 4.74 Å². The maximum absolute atomic E-state index is 8.00. The Balaban J connectivity index is 2.24. The summed E-state index contributed by atoms with van der Waals surface area (Å²) in [5.41, 5.74) is 8.00. The van der Waals surface area contributed by atoms with Gasteiger partial charge in [0, 0.05) is 11.5 Å². The molecule has 0 amide bonds. The van der Waals surface area contributed by atoms with Gasteiger partial charge in [0.25, 0.3) is 0 Å². The SMILES string of the molecule is C[C@H]1CO[C@H](CN=[N+]=[N-])C1. The third kappa shape index (κ3) is 1.90. The van der Waals surface area contributed by atoms with Gasteiger partial charge in [0.05, 0.1) is 12.6 Å². The molecule has 1 aliphatic rings. The van der Waals surface area contributed by atoms with Gasteiger partial charge in [-0.1, -0.05) is 12.0 Å². The van der Waals surface area contributed by atoms with E-state index in [0.717, 1.165) is 13.0 Å². The zero-order valence-corrected chi connectivity index (χ0v) is 6.03. The maximum atomic E-state index is 8.00. The van der Waals surface area contributed by atoms with E-state index in [-0.39, 0.29) is 6.10 Å². The van der Waals surface area contributed by atoms with E-state index in [0.29, 0.717) is 12.5 Å². The second kappa shape index (κ2) is 3.44. The van der Waals surface area contributed by atoms with E-state index in [1.807, 2.05) is 0 Å². The Labute approximate surface area is 59.8 Å². The molecule has 56 valence electrons. The Morgan fingerprint density at radius 3 is 3.10 bits per heavy atom. The van der Waals surface area contributed by atoms with Gasteiger partial charge in [0.1, 0.15) is 0 Å². The third-order valence-corrected chi connectivity index (χ3v) is 1.63. The van der Waals surface area contributed by atoms with Gasteiger partial charge in [-0.2, -0.15) is 0 Å². The summed E-state index contributed by atoms with van der Waals surface area (Å²) in [4.78, 5) is 2.67. The molecule has 0 spiro atoms. The summed E-state index contributed by atoms with van der Waals surface area (Å²) in [7, 11) is 0. The number of azide groups is 1. The molecule has 0 aromatic rings. The summed E-state index contributed by atoms with van der Waals surface area (Å²) >= 11 is 0. The first-order chi connectivity index (χ1) is 4.83. The normalized spacial score (nSPS) is 31.7. The van der Waals surface area contributed by atoms with Crippen molar-refractivity contribution in [1.82, 2.24) is 0 Å². The molecule has 1 saturated heterocycles. The van der Waals surface area contributed by atoms with Gasteiger partial charge in [-0.05, 0) is 17.9 Å². The first kappa shape index (κ1) is 7.38. The predicted molar refractivity (Wildman–Crippen MR) is 37.5 cm³/mol. The molecule has 0 N–H and O–H groups in total. The van der Waals surface area contributed by atoms with Crippen LogP contribution in [0.4, 0.5) is 0 Å². The highest BCUT2D eigenvalue weighted by Gasteiger charge is 2.20. The zero-order chi connectivity index (χ0) is 7.40. The lowest BCUT2D eigenvalue weighted by Gasteiger charge is -2.01. The Bertz CT molecular complexity index is 153. The summed E-state index contributed by atoms with van der Waals surface area (Å²) in [6.45, 7) is 3.43. The van der Waals surface area contributed by atoms with Crippen molar-refractivity contribution in [2.24, 2.45) is 11.0 Å². The van der Waals surface area contributed by atoms with Gasteiger partial charge >= 0.3 is 0 Å². The second-order valence-electron chi connectivity index (χ2n) is 2.71. The highest BCUT2D eigenvalue weighted by atomic mass is 16.5. The average Bonchev–Trinajstić information content (AvgIpc) is 2.31. The Kier molecular flexibility index (Phi) is 2.54. The maximum Gasteiger partial charge on any atom is 0.0634 e. The van der Waals surface area contributed by atoms with Gasteiger partial charge in [0.2, 0.25) is 0 Å². The van der Waals surface area contributed by atoms with Crippen molar-refractivity contribution in [2.45, 2.75) is 19.4 Å². The van der Waals surface area contributed by atoms with E-state index < -0.39 is 0 Å². The second-order valence-corrected chi connectivity index (χ2v) is 2.71. The number of hydrogen-bond acceptors (Lipinski definition) is 2. The zero-order valence-electron chi connectivity index (χ0n) is 6.03. The van der Waals surface area contributed by atoms with Crippen LogP contribution in [-0.2, 0) is 4.74 Å². The molecule has 0 aromatic carbocycles. The molecular weight excluding hydrogens is 130 g/mol. The van der Waals surface area contributed by atoms with Crippen LogP contribution < -0.4 is 0 Å². The number of rotatable bonds is 2. The minimum absolute atomic E-state index is 0.172. The molecule has 4 heteroatoms. The van der Waals surface area contributed by atoms with Gasteiger partial charge < -0.3 is 4.74 Å². The molecule has 0 aliphatic carbocycles. The summed E-state index contributed by atoms with van der Waals surface area (Å²) in [6, 6.07) is 0. The first-order valence-electron chi connectivity index (χ1n) is 3.45. The van der Waals surface area contributed by atoms with Crippen molar-refractivity contribution in [2.75, 3.05) is 13.2 Å². The topological polar surface area (TPSA) is 58.0 Å². The summed E-state index contributed by atoms with van der Waals surface area (Å²) in [5.74, 6) is 0.624. The van der Waals surface area contributed by atoms with Crippen LogP contribution in [0.5, 0.6) is 0 Å². The van der Waals surface area contributed by atoms with Crippen LogP contribution in [0.25, 0.3) is 10.4 Å². The van der Waals surface area contributed by atoms with Crippen molar-refractivity contribution in [3.05, 3.63) is 10.4 Å². The monoisotopic (exact) mass is 141 g/mol.